The molecule has 1 unspecified atom stereocenters. The predicted molar refractivity (Wildman–Crippen MR) is 110 cm³/mol. The molecule has 3 heterocycles. The molecule has 0 amide bonds. The number of para-hydroxylation sites is 1. The van der Waals surface area contributed by atoms with Gasteiger partial charge < -0.3 is 0 Å². The third-order valence-corrected chi connectivity index (χ3v) is 5.54. The lowest BCUT2D eigenvalue weighted by Gasteiger charge is -2.30. The highest BCUT2D eigenvalue weighted by atomic mass is 15.2. The van der Waals surface area contributed by atoms with Gasteiger partial charge in [-0.1, -0.05) is 37.3 Å². The molecular formula is C23H28N4. The first kappa shape index (κ1) is 18.1. The maximum absolute atomic E-state index is 4.90. The highest BCUT2D eigenvalue weighted by Crippen LogP contribution is 2.20. The summed E-state index contributed by atoms with van der Waals surface area (Å²) < 4.78 is 0. The number of aromatic nitrogens is 2. The third-order valence-electron chi connectivity index (χ3n) is 5.54. The average Bonchev–Trinajstić information content (AvgIpc) is 3.16. The summed E-state index contributed by atoms with van der Waals surface area (Å²) in [5.41, 5.74) is 3.48. The average molecular weight is 361 g/mol. The van der Waals surface area contributed by atoms with Crippen LogP contribution in [0.2, 0.25) is 0 Å². The third kappa shape index (κ3) is 4.52. The summed E-state index contributed by atoms with van der Waals surface area (Å²) >= 11 is 0. The van der Waals surface area contributed by atoms with Crippen molar-refractivity contribution in [2.24, 2.45) is 0 Å². The van der Waals surface area contributed by atoms with Gasteiger partial charge in [-0.05, 0) is 49.7 Å². The summed E-state index contributed by atoms with van der Waals surface area (Å²) in [6, 6.07) is 17.5. The van der Waals surface area contributed by atoms with Gasteiger partial charge in [0.15, 0.2) is 0 Å². The number of pyridine rings is 2. The summed E-state index contributed by atoms with van der Waals surface area (Å²) in [6.45, 7) is 7.51. The lowest BCUT2D eigenvalue weighted by molar-refractivity contribution is 0.165. The number of nitrogens with zero attached hydrogens (tertiary/aromatic N) is 4. The molecule has 0 saturated carbocycles. The minimum Gasteiger partial charge on any atom is -0.299 e. The van der Waals surface area contributed by atoms with Gasteiger partial charge in [0.2, 0.25) is 0 Å². The van der Waals surface area contributed by atoms with E-state index in [4.69, 9.17) is 4.98 Å². The Balaban J connectivity index is 1.54. The molecule has 140 valence electrons. The predicted octanol–water partition coefficient (Wildman–Crippen LogP) is 4.12. The van der Waals surface area contributed by atoms with Gasteiger partial charge in [0.05, 0.1) is 11.2 Å². The van der Waals surface area contributed by atoms with E-state index in [1.165, 1.54) is 30.3 Å². The SMILES string of the molecule is CCN1CCCC1CN(Cc1cccnc1)Cc1ccc2ccccc2n1. The standard InChI is InChI=1S/C23H28N4/c1-2-27-14-6-9-22(27)18-26(16-19-7-5-13-24-15-19)17-21-12-11-20-8-3-4-10-23(20)25-21/h3-5,7-8,10-13,15,22H,2,6,9,14,16-18H2,1H3. The summed E-state index contributed by atoms with van der Waals surface area (Å²) in [6.07, 6.45) is 6.43. The molecule has 0 aliphatic carbocycles. The van der Waals surface area contributed by atoms with Crippen molar-refractivity contribution >= 4 is 10.9 Å². The zero-order valence-electron chi connectivity index (χ0n) is 16.1. The van der Waals surface area contributed by atoms with Crippen LogP contribution in [0, 0.1) is 0 Å². The Hall–Kier alpha value is -2.30. The second-order valence-corrected chi connectivity index (χ2v) is 7.45. The van der Waals surface area contributed by atoms with E-state index >= 15 is 0 Å². The van der Waals surface area contributed by atoms with E-state index in [0.29, 0.717) is 6.04 Å². The smallest absolute Gasteiger partial charge is 0.0705 e. The van der Waals surface area contributed by atoms with Crippen molar-refractivity contribution in [3.05, 3.63) is 72.2 Å². The van der Waals surface area contributed by atoms with Crippen LogP contribution in [0.3, 0.4) is 0 Å². The van der Waals surface area contributed by atoms with Crippen LogP contribution in [0.1, 0.15) is 31.0 Å². The maximum Gasteiger partial charge on any atom is 0.0705 e. The van der Waals surface area contributed by atoms with Crippen molar-refractivity contribution in [1.82, 2.24) is 19.8 Å². The molecule has 1 saturated heterocycles. The topological polar surface area (TPSA) is 32.3 Å². The van der Waals surface area contributed by atoms with Gasteiger partial charge in [-0.2, -0.15) is 0 Å². The van der Waals surface area contributed by atoms with E-state index in [0.717, 1.165) is 37.4 Å². The lowest BCUT2D eigenvalue weighted by atomic mass is 10.1. The Morgan fingerprint density at radius 2 is 2.00 bits per heavy atom. The molecule has 4 nitrogen and oxygen atoms in total. The molecule has 1 aliphatic rings. The highest BCUT2D eigenvalue weighted by molar-refractivity contribution is 5.78. The van der Waals surface area contributed by atoms with E-state index in [9.17, 15) is 0 Å². The van der Waals surface area contributed by atoms with Gasteiger partial charge in [0.1, 0.15) is 0 Å². The van der Waals surface area contributed by atoms with Crippen molar-refractivity contribution in [3.8, 4) is 0 Å². The van der Waals surface area contributed by atoms with Gasteiger partial charge in [-0.25, -0.2) is 0 Å². The lowest BCUT2D eigenvalue weighted by Crippen LogP contribution is -2.39. The van der Waals surface area contributed by atoms with Crippen LogP contribution in [0.25, 0.3) is 10.9 Å². The molecule has 0 spiro atoms. The summed E-state index contributed by atoms with van der Waals surface area (Å²) in [4.78, 5) is 14.3. The Bertz CT molecular complexity index is 864. The van der Waals surface area contributed by atoms with Crippen LogP contribution in [0.4, 0.5) is 0 Å². The van der Waals surface area contributed by atoms with Crippen LogP contribution in [0.5, 0.6) is 0 Å². The van der Waals surface area contributed by atoms with Gasteiger partial charge in [-0.15, -0.1) is 0 Å². The second-order valence-electron chi connectivity index (χ2n) is 7.45. The fourth-order valence-electron chi connectivity index (χ4n) is 4.18. The van der Waals surface area contributed by atoms with Gasteiger partial charge >= 0.3 is 0 Å². The maximum atomic E-state index is 4.90. The largest absolute Gasteiger partial charge is 0.299 e. The molecule has 4 rings (SSSR count). The zero-order chi connectivity index (χ0) is 18.5. The molecule has 0 bridgehead atoms. The number of hydrogen-bond acceptors (Lipinski definition) is 4. The van der Waals surface area contributed by atoms with E-state index in [1.54, 1.807) is 0 Å². The molecule has 27 heavy (non-hydrogen) atoms. The van der Waals surface area contributed by atoms with E-state index in [2.05, 4.69) is 64.2 Å². The Labute approximate surface area is 161 Å². The number of rotatable bonds is 7. The quantitative estimate of drug-likeness (QED) is 0.634. The van der Waals surface area contributed by atoms with Crippen molar-refractivity contribution in [2.45, 2.75) is 38.9 Å². The molecule has 0 radical (unpaired) electrons. The van der Waals surface area contributed by atoms with Crippen LogP contribution in [-0.2, 0) is 13.1 Å². The molecule has 3 aromatic rings. The van der Waals surface area contributed by atoms with Crippen molar-refractivity contribution in [2.75, 3.05) is 19.6 Å². The number of likely N-dealkylation sites (N-methyl/N-ethyl adjacent to an activating group) is 1. The molecule has 0 N–H and O–H groups in total. The molecule has 4 heteroatoms. The van der Waals surface area contributed by atoms with Gasteiger partial charge in [0.25, 0.3) is 0 Å². The summed E-state index contributed by atoms with van der Waals surface area (Å²) in [7, 11) is 0. The molecule has 1 atom stereocenters. The number of likely N-dealkylation sites (tertiary alicyclic amines) is 1. The van der Waals surface area contributed by atoms with Crippen molar-refractivity contribution < 1.29 is 0 Å². The Kier molecular flexibility index (Phi) is 5.75. The number of benzene rings is 1. The Morgan fingerprint density at radius 1 is 1.07 bits per heavy atom. The number of fused-ring (bicyclic) bond motifs is 1. The van der Waals surface area contributed by atoms with Crippen molar-refractivity contribution in [1.29, 1.82) is 0 Å². The molecule has 1 aliphatic heterocycles. The molecule has 2 aromatic heterocycles. The molecule has 1 aromatic carbocycles. The minimum atomic E-state index is 0.645. The first-order valence-corrected chi connectivity index (χ1v) is 10.0. The first-order chi connectivity index (χ1) is 13.3. The monoisotopic (exact) mass is 360 g/mol. The number of hydrogen-bond donors (Lipinski definition) is 0. The highest BCUT2D eigenvalue weighted by Gasteiger charge is 2.25. The van der Waals surface area contributed by atoms with Crippen LogP contribution in [0.15, 0.2) is 60.9 Å². The van der Waals surface area contributed by atoms with Crippen LogP contribution >= 0.6 is 0 Å². The van der Waals surface area contributed by atoms with E-state index in [-0.39, 0.29) is 0 Å². The Morgan fingerprint density at radius 3 is 2.85 bits per heavy atom. The van der Waals surface area contributed by atoms with Crippen molar-refractivity contribution in [3.63, 3.8) is 0 Å². The summed E-state index contributed by atoms with van der Waals surface area (Å²) in [5, 5.41) is 1.20. The molecular weight excluding hydrogens is 332 g/mol. The fourth-order valence-corrected chi connectivity index (χ4v) is 4.18. The first-order valence-electron chi connectivity index (χ1n) is 10.0. The summed E-state index contributed by atoms with van der Waals surface area (Å²) in [5.74, 6) is 0. The zero-order valence-corrected chi connectivity index (χ0v) is 16.1. The normalized spacial score (nSPS) is 17.8. The minimum absolute atomic E-state index is 0.645. The fraction of sp³-hybridized carbons (Fsp3) is 0.391. The van der Waals surface area contributed by atoms with Crippen LogP contribution < -0.4 is 0 Å². The van der Waals surface area contributed by atoms with E-state index < -0.39 is 0 Å². The van der Waals surface area contributed by atoms with Gasteiger partial charge in [0, 0.05) is 43.5 Å². The van der Waals surface area contributed by atoms with Crippen LogP contribution in [-0.4, -0.2) is 45.4 Å². The van der Waals surface area contributed by atoms with Gasteiger partial charge in [-0.3, -0.25) is 19.8 Å². The molecule has 1 fully saturated rings. The van der Waals surface area contributed by atoms with E-state index in [1.807, 2.05) is 18.5 Å². The second kappa shape index (κ2) is 8.59.